The average Bonchev–Trinajstić information content (AvgIpc) is 2.16. The highest BCUT2D eigenvalue weighted by Crippen LogP contribution is 2.24. The standard InChI is InChI=1S/C11H16O/c1-2-11(12)9-8-10-6-4-3-5-7-10/h2,8-10H,1,3-7H2/b9-8+. The van der Waals surface area contributed by atoms with Crippen molar-refractivity contribution in [2.45, 2.75) is 32.1 Å². The molecule has 0 atom stereocenters. The van der Waals surface area contributed by atoms with Gasteiger partial charge in [0.1, 0.15) is 0 Å². The molecule has 0 unspecified atom stereocenters. The minimum absolute atomic E-state index is 0.0283. The second kappa shape index (κ2) is 4.91. The van der Waals surface area contributed by atoms with Crippen LogP contribution in [0.4, 0.5) is 0 Å². The lowest BCUT2D eigenvalue weighted by molar-refractivity contribution is -0.110. The summed E-state index contributed by atoms with van der Waals surface area (Å²) in [5, 5.41) is 0. The van der Waals surface area contributed by atoms with Crippen molar-refractivity contribution in [3.8, 4) is 0 Å². The summed E-state index contributed by atoms with van der Waals surface area (Å²) in [6, 6.07) is 0. The number of hydrogen-bond acceptors (Lipinski definition) is 1. The van der Waals surface area contributed by atoms with Crippen LogP contribution in [-0.2, 0) is 4.79 Å². The molecule has 1 fully saturated rings. The summed E-state index contributed by atoms with van der Waals surface area (Å²) >= 11 is 0. The summed E-state index contributed by atoms with van der Waals surface area (Å²) < 4.78 is 0. The van der Waals surface area contributed by atoms with Gasteiger partial charge in [-0.25, -0.2) is 0 Å². The molecule has 0 radical (unpaired) electrons. The maximum Gasteiger partial charge on any atom is 0.177 e. The predicted octanol–water partition coefficient (Wildman–Crippen LogP) is 2.88. The van der Waals surface area contributed by atoms with Crippen molar-refractivity contribution in [2.75, 3.05) is 0 Å². The van der Waals surface area contributed by atoms with Gasteiger partial charge in [-0.1, -0.05) is 31.9 Å². The van der Waals surface area contributed by atoms with Gasteiger partial charge in [0, 0.05) is 0 Å². The Morgan fingerprint density at radius 1 is 1.25 bits per heavy atom. The topological polar surface area (TPSA) is 17.1 Å². The maximum absolute atomic E-state index is 10.8. The number of ketones is 1. The minimum atomic E-state index is 0.0283. The van der Waals surface area contributed by atoms with Crippen LogP contribution in [0.2, 0.25) is 0 Å². The van der Waals surface area contributed by atoms with Gasteiger partial charge in [0.2, 0.25) is 0 Å². The largest absolute Gasteiger partial charge is 0.290 e. The molecule has 1 aliphatic carbocycles. The van der Waals surface area contributed by atoms with Crippen molar-refractivity contribution in [1.82, 2.24) is 0 Å². The quantitative estimate of drug-likeness (QED) is 0.586. The van der Waals surface area contributed by atoms with Gasteiger partial charge < -0.3 is 0 Å². The van der Waals surface area contributed by atoms with Gasteiger partial charge in [0.25, 0.3) is 0 Å². The molecule has 0 aromatic heterocycles. The Morgan fingerprint density at radius 3 is 2.50 bits per heavy atom. The zero-order chi connectivity index (χ0) is 8.81. The Kier molecular flexibility index (Phi) is 3.78. The fraction of sp³-hybridized carbons (Fsp3) is 0.545. The first-order valence-corrected chi connectivity index (χ1v) is 4.67. The van der Waals surface area contributed by atoms with Crippen LogP contribution in [0, 0.1) is 5.92 Å². The first-order valence-electron chi connectivity index (χ1n) is 4.67. The van der Waals surface area contributed by atoms with E-state index in [0.717, 1.165) is 0 Å². The van der Waals surface area contributed by atoms with E-state index < -0.39 is 0 Å². The van der Waals surface area contributed by atoms with Crippen LogP contribution >= 0.6 is 0 Å². The van der Waals surface area contributed by atoms with Crippen LogP contribution in [0.15, 0.2) is 24.8 Å². The second-order valence-corrected chi connectivity index (χ2v) is 3.36. The zero-order valence-electron chi connectivity index (χ0n) is 7.46. The van der Waals surface area contributed by atoms with Gasteiger partial charge in [0.05, 0.1) is 0 Å². The maximum atomic E-state index is 10.8. The highest BCUT2D eigenvalue weighted by molar-refractivity contribution is 5.98. The third-order valence-electron chi connectivity index (χ3n) is 2.38. The summed E-state index contributed by atoms with van der Waals surface area (Å²) in [5.41, 5.74) is 0. The number of carbonyl (C=O) groups is 1. The Morgan fingerprint density at radius 2 is 1.92 bits per heavy atom. The summed E-state index contributed by atoms with van der Waals surface area (Å²) in [6.07, 6.45) is 11.6. The Hall–Kier alpha value is -0.850. The molecule has 12 heavy (non-hydrogen) atoms. The summed E-state index contributed by atoms with van der Waals surface area (Å²) in [7, 11) is 0. The summed E-state index contributed by atoms with van der Waals surface area (Å²) in [5.74, 6) is 0.670. The number of hydrogen-bond donors (Lipinski definition) is 0. The molecule has 1 saturated carbocycles. The molecule has 0 spiro atoms. The number of allylic oxidation sites excluding steroid dienone is 3. The van der Waals surface area contributed by atoms with Crippen molar-refractivity contribution in [3.05, 3.63) is 24.8 Å². The van der Waals surface area contributed by atoms with E-state index in [1.165, 1.54) is 38.2 Å². The Bertz CT molecular complexity index is 185. The van der Waals surface area contributed by atoms with E-state index in [0.29, 0.717) is 5.92 Å². The molecule has 0 aliphatic heterocycles. The molecule has 66 valence electrons. The zero-order valence-corrected chi connectivity index (χ0v) is 7.46. The van der Waals surface area contributed by atoms with Crippen LogP contribution in [0.1, 0.15) is 32.1 Å². The third-order valence-corrected chi connectivity index (χ3v) is 2.38. The molecule has 1 aliphatic rings. The lowest BCUT2D eigenvalue weighted by atomic mass is 9.89. The fourth-order valence-corrected chi connectivity index (χ4v) is 1.63. The van der Waals surface area contributed by atoms with E-state index in [4.69, 9.17) is 0 Å². The molecule has 0 N–H and O–H groups in total. The molecular formula is C11H16O. The molecular weight excluding hydrogens is 148 g/mol. The Balaban J connectivity index is 2.33. The molecule has 0 amide bonds. The van der Waals surface area contributed by atoms with Crippen molar-refractivity contribution in [3.63, 3.8) is 0 Å². The van der Waals surface area contributed by atoms with E-state index in [9.17, 15) is 4.79 Å². The van der Waals surface area contributed by atoms with Crippen molar-refractivity contribution < 1.29 is 4.79 Å². The lowest BCUT2D eigenvalue weighted by Gasteiger charge is -2.17. The monoisotopic (exact) mass is 164 g/mol. The van der Waals surface area contributed by atoms with Crippen LogP contribution in [0.5, 0.6) is 0 Å². The predicted molar refractivity (Wildman–Crippen MR) is 50.9 cm³/mol. The van der Waals surface area contributed by atoms with Crippen LogP contribution < -0.4 is 0 Å². The fourth-order valence-electron chi connectivity index (χ4n) is 1.63. The molecule has 1 rings (SSSR count). The van der Waals surface area contributed by atoms with E-state index >= 15 is 0 Å². The second-order valence-electron chi connectivity index (χ2n) is 3.36. The molecule has 0 heterocycles. The summed E-state index contributed by atoms with van der Waals surface area (Å²) in [4.78, 5) is 10.8. The number of carbonyl (C=O) groups excluding carboxylic acids is 1. The Labute approximate surface area is 74.2 Å². The van der Waals surface area contributed by atoms with Crippen LogP contribution in [0.25, 0.3) is 0 Å². The summed E-state index contributed by atoms with van der Waals surface area (Å²) in [6.45, 7) is 3.42. The normalized spacial score (nSPS) is 19.7. The van der Waals surface area contributed by atoms with Crippen molar-refractivity contribution in [2.24, 2.45) is 5.92 Å². The minimum Gasteiger partial charge on any atom is -0.290 e. The molecule has 0 aromatic rings. The lowest BCUT2D eigenvalue weighted by Crippen LogP contribution is -2.03. The van der Waals surface area contributed by atoms with Gasteiger partial charge in [0.15, 0.2) is 5.78 Å². The van der Waals surface area contributed by atoms with E-state index in [2.05, 4.69) is 6.58 Å². The van der Waals surface area contributed by atoms with E-state index in [1.54, 1.807) is 6.08 Å². The van der Waals surface area contributed by atoms with Crippen molar-refractivity contribution in [1.29, 1.82) is 0 Å². The van der Waals surface area contributed by atoms with Gasteiger partial charge in [-0.3, -0.25) is 4.79 Å². The van der Waals surface area contributed by atoms with Crippen molar-refractivity contribution >= 4 is 5.78 Å². The SMILES string of the molecule is C=CC(=O)/C=C/C1CCCCC1. The highest BCUT2D eigenvalue weighted by Gasteiger charge is 2.09. The van der Waals surface area contributed by atoms with Crippen LogP contribution in [-0.4, -0.2) is 5.78 Å². The highest BCUT2D eigenvalue weighted by atomic mass is 16.1. The molecule has 0 saturated heterocycles. The molecule has 0 bridgehead atoms. The number of rotatable bonds is 3. The molecule has 0 aromatic carbocycles. The van der Waals surface area contributed by atoms with Gasteiger partial charge in [-0.05, 0) is 30.9 Å². The van der Waals surface area contributed by atoms with E-state index in [-0.39, 0.29) is 5.78 Å². The first-order chi connectivity index (χ1) is 5.83. The molecule has 1 heteroatoms. The van der Waals surface area contributed by atoms with Gasteiger partial charge in [-0.15, -0.1) is 0 Å². The average molecular weight is 164 g/mol. The third kappa shape index (κ3) is 3.04. The van der Waals surface area contributed by atoms with E-state index in [1.807, 2.05) is 6.08 Å². The van der Waals surface area contributed by atoms with Crippen LogP contribution in [0.3, 0.4) is 0 Å². The van der Waals surface area contributed by atoms with Gasteiger partial charge >= 0.3 is 0 Å². The van der Waals surface area contributed by atoms with Gasteiger partial charge in [-0.2, -0.15) is 0 Å². The smallest absolute Gasteiger partial charge is 0.177 e. The molecule has 1 nitrogen and oxygen atoms in total. The first kappa shape index (κ1) is 9.24.